The Bertz CT molecular complexity index is 1350. The van der Waals surface area contributed by atoms with E-state index in [1.165, 1.54) is 37.8 Å². The molecule has 0 aliphatic carbocycles. The van der Waals surface area contributed by atoms with Crippen molar-refractivity contribution in [3.63, 3.8) is 0 Å². The molecule has 220 valence electrons. The van der Waals surface area contributed by atoms with Crippen LogP contribution in [-0.2, 0) is 11.8 Å². The quantitative estimate of drug-likeness (QED) is 0.253. The van der Waals surface area contributed by atoms with Crippen LogP contribution in [0.15, 0.2) is 48.7 Å². The topological polar surface area (TPSA) is 75.7 Å². The molecular formula is C33H44N4O3S. The zero-order chi connectivity index (χ0) is 29.6. The van der Waals surface area contributed by atoms with Crippen LogP contribution >= 0.6 is 11.9 Å². The zero-order valence-corrected chi connectivity index (χ0v) is 26.3. The van der Waals surface area contributed by atoms with Crippen molar-refractivity contribution in [1.82, 2.24) is 9.88 Å². The Morgan fingerprint density at radius 2 is 1.88 bits per heavy atom. The van der Waals surface area contributed by atoms with E-state index in [9.17, 15) is 4.79 Å². The van der Waals surface area contributed by atoms with Crippen molar-refractivity contribution in [2.75, 3.05) is 43.5 Å². The molecule has 1 unspecified atom stereocenters. The highest BCUT2D eigenvalue weighted by Crippen LogP contribution is 2.40. The molecule has 2 heterocycles. The van der Waals surface area contributed by atoms with Gasteiger partial charge in [0.1, 0.15) is 11.5 Å². The van der Waals surface area contributed by atoms with Crippen molar-refractivity contribution in [3.8, 4) is 17.2 Å². The summed E-state index contributed by atoms with van der Waals surface area (Å²) in [6.07, 6.45) is 8.37. The monoisotopic (exact) mass is 576 g/mol. The molecule has 1 aliphatic heterocycles. The summed E-state index contributed by atoms with van der Waals surface area (Å²) in [4.78, 5) is 20.5. The lowest BCUT2D eigenvalue weighted by Gasteiger charge is -2.24. The van der Waals surface area contributed by atoms with Gasteiger partial charge < -0.3 is 24.4 Å². The average Bonchev–Trinajstić information content (AvgIpc) is 3.13. The molecular weight excluding hydrogens is 532 g/mol. The van der Waals surface area contributed by atoms with Crippen LogP contribution in [0.2, 0.25) is 0 Å². The number of hydrogen-bond acceptors (Lipinski definition) is 7. The van der Waals surface area contributed by atoms with E-state index in [-0.39, 0.29) is 11.3 Å². The minimum atomic E-state index is -0.233. The molecule has 1 aliphatic rings. The van der Waals surface area contributed by atoms with Gasteiger partial charge in [0.25, 0.3) is 5.91 Å². The Hall–Kier alpha value is -3.23. The van der Waals surface area contributed by atoms with Crippen LogP contribution in [0.1, 0.15) is 67.2 Å². The first-order valence-corrected chi connectivity index (χ1v) is 15.5. The molecule has 2 aromatic carbocycles. The maximum Gasteiger partial charge on any atom is 0.255 e. The van der Waals surface area contributed by atoms with Gasteiger partial charge in [0.2, 0.25) is 0 Å². The number of carbonyl (C=O) groups excluding carboxylic acids is 1. The Labute approximate surface area is 249 Å². The number of methoxy groups -OCH3 is 1. The minimum Gasteiger partial charge on any atom is -0.492 e. The van der Waals surface area contributed by atoms with E-state index in [0.717, 1.165) is 41.2 Å². The number of hydrogen-bond donors (Lipinski definition) is 2. The maximum atomic E-state index is 13.5. The van der Waals surface area contributed by atoms with Gasteiger partial charge in [-0.15, -0.1) is 0 Å². The fourth-order valence-electron chi connectivity index (χ4n) is 5.17. The van der Waals surface area contributed by atoms with Gasteiger partial charge in [0, 0.05) is 29.8 Å². The predicted molar refractivity (Wildman–Crippen MR) is 171 cm³/mol. The Morgan fingerprint density at radius 3 is 2.61 bits per heavy atom. The smallest absolute Gasteiger partial charge is 0.255 e. The van der Waals surface area contributed by atoms with Crippen molar-refractivity contribution in [2.45, 2.75) is 58.8 Å². The third-order valence-corrected chi connectivity index (χ3v) is 8.08. The number of carbonyl (C=O) groups is 1. The molecule has 7 nitrogen and oxygen atoms in total. The second-order valence-corrected chi connectivity index (χ2v) is 12.6. The molecule has 2 N–H and O–H groups in total. The Morgan fingerprint density at radius 1 is 1.10 bits per heavy atom. The van der Waals surface area contributed by atoms with Gasteiger partial charge in [-0.25, -0.2) is 0 Å². The van der Waals surface area contributed by atoms with Crippen LogP contribution < -0.4 is 19.5 Å². The molecule has 1 atom stereocenters. The van der Waals surface area contributed by atoms with E-state index in [1.54, 1.807) is 13.2 Å². The molecule has 0 bridgehead atoms. The first-order valence-electron chi connectivity index (χ1n) is 14.3. The van der Waals surface area contributed by atoms with E-state index in [4.69, 9.17) is 9.47 Å². The van der Waals surface area contributed by atoms with Crippen molar-refractivity contribution in [3.05, 3.63) is 71.0 Å². The lowest BCUT2D eigenvalue weighted by atomic mass is 9.86. The summed E-state index contributed by atoms with van der Waals surface area (Å²) in [6, 6.07) is 13.5. The molecule has 3 aromatic rings. The minimum absolute atomic E-state index is 0.110. The van der Waals surface area contributed by atoms with Crippen molar-refractivity contribution in [2.24, 2.45) is 5.92 Å². The fraction of sp³-hybridized carbons (Fsp3) is 0.455. The molecule has 0 spiro atoms. The number of rotatable bonds is 9. The summed E-state index contributed by atoms with van der Waals surface area (Å²) in [5.41, 5.74) is 4.91. The van der Waals surface area contributed by atoms with Gasteiger partial charge in [0.05, 0.1) is 18.5 Å². The van der Waals surface area contributed by atoms with Crippen LogP contribution in [0.25, 0.3) is 0 Å². The number of amides is 1. The molecule has 1 amide bonds. The van der Waals surface area contributed by atoms with Crippen LogP contribution in [0.3, 0.4) is 0 Å². The average molecular weight is 577 g/mol. The summed E-state index contributed by atoms with van der Waals surface area (Å²) in [7, 11) is 3.81. The number of benzene rings is 2. The molecule has 41 heavy (non-hydrogen) atoms. The lowest BCUT2D eigenvalue weighted by Crippen LogP contribution is -2.19. The summed E-state index contributed by atoms with van der Waals surface area (Å²) in [5.74, 6) is 2.37. The number of aromatic nitrogens is 1. The normalized spacial score (nSPS) is 16.1. The number of likely N-dealkylation sites (tertiary alicyclic amines) is 1. The third-order valence-electron chi connectivity index (χ3n) is 7.65. The SMILES string of the molecule is COc1c(NSC)cc(C(C)(C)C)cc1NC(=O)c1ccc(C)c(Oc2ccnc(CC3CCCN(C)CC3)c2)c1. The summed E-state index contributed by atoms with van der Waals surface area (Å²) in [6.45, 7) is 10.7. The number of pyridine rings is 1. The van der Waals surface area contributed by atoms with Crippen LogP contribution in [0.5, 0.6) is 17.2 Å². The summed E-state index contributed by atoms with van der Waals surface area (Å²) < 4.78 is 15.3. The van der Waals surface area contributed by atoms with Crippen molar-refractivity contribution < 1.29 is 14.3 Å². The van der Waals surface area contributed by atoms with Gasteiger partial charge in [-0.3, -0.25) is 9.78 Å². The molecule has 1 fully saturated rings. The molecule has 8 heteroatoms. The molecule has 0 saturated carbocycles. The Balaban J connectivity index is 1.53. The number of anilines is 2. The standard InChI is InChI=1S/C33H44N4O3S/c1-22-10-11-24(32(38)35-28-19-25(33(2,3)4)20-29(36-41-7)31(28)39-6)18-30(22)40-27-12-14-34-26(21-27)17-23-9-8-15-37(5)16-13-23/h10-12,14,18-21,23,36H,8-9,13,15-17H2,1-7H3,(H,35,38). The van der Waals surface area contributed by atoms with Crippen molar-refractivity contribution in [1.29, 1.82) is 0 Å². The predicted octanol–water partition coefficient (Wildman–Crippen LogP) is 7.71. The third kappa shape index (κ3) is 8.17. The van der Waals surface area contributed by atoms with E-state index in [1.807, 2.05) is 49.7 Å². The van der Waals surface area contributed by atoms with Crippen LogP contribution in [-0.4, -0.2) is 49.3 Å². The highest BCUT2D eigenvalue weighted by molar-refractivity contribution is 7.99. The van der Waals surface area contributed by atoms with Gasteiger partial charge in [-0.05, 0) is 106 Å². The molecule has 0 radical (unpaired) electrons. The van der Waals surface area contributed by atoms with Gasteiger partial charge in [0.15, 0.2) is 5.75 Å². The number of ether oxygens (including phenoxy) is 2. The van der Waals surface area contributed by atoms with E-state index < -0.39 is 0 Å². The summed E-state index contributed by atoms with van der Waals surface area (Å²) in [5, 5.41) is 3.08. The largest absolute Gasteiger partial charge is 0.492 e. The first kappa shape index (κ1) is 30.7. The van der Waals surface area contributed by atoms with Gasteiger partial charge in [-0.2, -0.15) is 0 Å². The second kappa shape index (κ2) is 13.6. The van der Waals surface area contributed by atoms with E-state index in [2.05, 4.69) is 53.8 Å². The highest BCUT2D eigenvalue weighted by Gasteiger charge is 2.22. The molecule has 1 saturated heterocycles. The number of aryl methyl sites for hydroxylation is 1. The number of nitrogens with one attached hydrogen (secondary N) is 2. The van der Waals surface area contributed by atoms with Crippen molar-refractivity contribution >= 4 is 29.2 Å². The highest BCUT2D eigenvalue weighted by atomic mass is 32.2. The number of nitrogens with zero attached hydrogens (tertiary/aromatic N) is 2. The van der Waals surface area contributed by atoms with Crippen LogP contribution in [0, 0.1) is 12.8 Å². The second-order valence-electron chi connectivity index (χ2n) is 12.0. The first-order chi connectivity index (χ1) is 19.6. The fourth-order valence-corrected chi connectivity index (χ4v) is 5.54. The van der Waals surface area contributed by atoms with E-state index in [0.29, 0.717) is 28.7 Å². The lowest BCUT2D eigenvalue weighted by molar-refractivity contribution is 0.102. The van der Waals surface area contributed by atoms with E-state index >= 15 is 0 Å². The van der Waals surface area contributed by atoms with Gasteiger partial charge >= 0.3 is 0 Å². The Kier molecular flexibility index (Phi) is 10.2. The zero-order valence-electron chi connectivity index (χ0n) is 25.5. The molecule has 1 aromatic heterocycles. The maximum absolute atomic E-state index is 13.5. The van der Waals surface area contributed by atoms with Crippen LogP contribution in [0.4, 0.5) is 11.4 Å². The van der Waals surface area contributed by atoms with Gasteiger partial charge in [-0.1, -0.05) is 38.8 Å². The molecule has 4 rings (SSSR count). The summed E-state index contributed by atoms with van der Waals surface area (Å²) >= 11 is 1.48.